The van der Waals surface area contributed by atoms with Crippen LogP contribution in [0.3, 0.4) is 0 Å². The van der Waals surface area contributed by atoms with Gasteiger partial charge in [0.15, 0.2) is 0 Å². The highest BCUT2D eigenvalue weighted by molar-refractivity contribution is 9.10. The molecule has 1 N–H and O–H groups in total. The van der Waals surface area contributed by atoms with Gasteiger partial charge in [-0.05, 0) is 18.7 Å². The van der Waals surface area contributed by atoms with E-state index in [0.717, 1.165) is 10.0 Å². The molecule has 0 aliphatic heterocycles. The molecule has 0 heterocycles. The average Bonchev–Trinajstić information content (AvgIpc) is 2.56. The van der Waals surface area contributed by atoms with Gasteiger partial charge in [-0.25, -0.2) is 0 Å². The molecule has 2 aromatic rings. The monoisotopic (exact) mass is 392 g/mol. The number of anilines is 1. The van der Waals surface area contributed by atoms with Gasteiger partial charge in [0.25, 0.3) is 0 Å². The Bertz CT molecular complexity index is 684. The molecule has 128 valence electrons. The quantitative estimate of drug-likeness (QED) is 0.782. The van der Waals surface area contributed by atoms with Crippen molar-refractivity contribution in [2.24, 2.45) is 0 Å². The molecule has 2 rings (SSSR count). The molecule has 2 aromatic carbocycles. The topological polar surface area (TPSA) is 50.8 Å². The van der Waals surface area contributed by atoms with E-state index in [4.69, 9.17) is 9.47 Å². The van der Waals surface area contributed by atoms with Crippen LogP contribution < -0.4 is 14.8 Å². The highest BCUT2D eigenvalue weighted by Gasteiger charge is 2.10. The third kappa shape index (κ3) is 5.25. The second-order valence-electron chi connectivity index (χ2n) is 5.41. The maximum atomic E-state index is 12.3. The molecule has 1 amide bonds. The minimum Gasteiger partial charge on any atom is -0.497 e. The zero-order valence-electron chi connectivity index (χ0n) is 14.0. The van der Waals surface area contributed by atoms with E-state index < -0.39 is 0 Å². The Hall–Kier alpha value is -2.05. The van der Waals surface area contributed by atoms with Crippen LogP contribution in [-0.4, -0.2) is 38.6 Å². The van der Waals surface area contributed by atoms with Crippen LogP contribution in [0.1, 0.15) is 5.56 Å². The van der Waals surface area contributed by atoms with Gasteiger partial charge in [-0.15, -0.1) is 0 Å². The van der Waals surface area contributed by atoms with Gasteiger partial charge in [0, 0.05) is 34.9 Å². The third-order valence-corrected chi connectivity index (χ3v) is 4.22. The predicted molar refractivity (Wildman–Crippen MR) is 98.7 cm³/mol. The molecule has 24 heavy (non-hydrogen) atoms. The summed E-state index contributed by atoms with van der Waals surface area (Å²) in [6.45, 7) is 0.955. The summed E-state index contributed by atoms with van der Waals surface area (Å²) in [6.07, 6.45) is 0. The van der Waals surface area contributed by atoms with Crippen molar-refractivity contribution in [1.29, 1.82) is 0 Å². The summed E-state index contributed by atoms with van der Waals surface area (Å²) < 4.78 is 11.4. The molecular weight excluding hydrogens is 372 g/mol. The van der Waals surface area contributed by atoms with E-state index in [0.29, 0.717) is 23.7 Å². The minimum absolute atomic E-state index is 0.0974. The van der Waals surface area contributed by atoms with Crippen molar-refractivity contribution in [1.82, 2.24) is 4.90 Å². The highest BCUT2D eigenvalue weighted by Crippen LogP contribution is 2.25. The standard InChI is InChI=1S/C18H21BrN2O3/c1-21(11-13-6-4-5-7-17(13)19)12-18(22)20-14-8-15(23-2)10-16(9-14)24-3/h4-10H,11-12H2,1-3H3,(H,20,22). The zero-order chi connectivity index (χ0) is 17.5. The number of rotatable bonds is 7. The molecule has 0 aliphatic rings. The van der Waals surface area contributed by atoms with Crippen LogP contribution in [-0.2, 0) is 11.3 Å². The fraction of sp³-hybridized carbons (Fsp3) is 0.278. The molecule has 6 heteroatoms. The van der Waals surface area contributed by atoms with Crippen molar-refractivity contribution in [3.63, 3.8) is 0 Å². The van der Waals surface area contributed by atoms with E-state index in [9.17, 15) is 4.79 Å². The molecule has 0 radical (unpaired) electrons. The van der Waals surface area contributed by atoms with Crippen molar-refractivity contribution >= 4 is 27.5 Å². The molecule has 0 spiro atoms. The summed E-state index contributed by atoms with van der Waals surface area (Å²) in [4.78, 5) is 14.2. The first-order chi connectivity index (χ1) is 11.5. The van der Waals surface area contributed by atoms with Crippen molar-refractivity contribution < 1.29 is 14.3 Å². The zero-order valence-corrected chi connectivity index (χ0v) is 15.6. The summed E-state index contributed by atoms with van der Waals surface area (Å²) in [5, 5.41) is 2.87. The fourth-order valence-electron chi connectivity index (χ4n) is 2.30. The van der Waals surface area contributed by atoms with Crippen molar-refractivity contribution in [2.45, 2.75) is 6.54 Å². The van der Waals surface area contributed by atoms with E-state index in [1.807, 2.05) is 36.2 Å². The minimum atomic E-state index is -0.0974. The number of amides is 1. The summed E-state index contributed by atoms with van der Waals surface area (Å²) in [6, 6.07) is 13.3. The maximum absolute atomic E-state index is 12.3. The molecule has 0 saturated heterocycles. The van der Waals surface area contributed by atoms with Gasteiger partial charge in [-0.2, -0.15) is 0 Å². The van der Waals surface area contributed by atoms with Gasteiger partial charge in [-0.3, -0.25) is 9.69 Å². The van der Waals surface area contributed by atoms with E-state index in [-0.39, 0.29) is 12.5 Å². The molecule has 0 atom stereocenters. The molecule has 0 unspecified atom stereocenters. The van der Waals surface area contributed by atoms with Gasteiger partial charge < -0.3 is 14.8 Å². The molecule has 0 bridgehead atoms. The second kappa shape index (κ2) is 8.70. The van der Waals surface area contributed by atoms with E-state index in [1.54, 1.807) is 32.4 Å². The molecule has 0 fully saturated rings. The lowest BCUT2D eigenvalue weighted by molar-refractivity contribution is -0.117. The molecular formula is C18H21BrN2O3. The van der Waals surface area contributed by atoms with Crippen LogP contribution in [0, 0.1) is 0 Å². The summed E-state index contributed by atoms with van der Waals surface area (Å²) in [5.74, 6) is 1.16. The molecule has 0 aromatic heterocycles. The Labute approximate surface area is 150 Å². The number of hydrogen-bond donors (Lipinski definition) is 1. The second-order valence-corrected chi connectivity index (χ2v) is 6.27. The fourth-order valence-corrected chi connectivity index (χ4v) is 2.71. The number of benzene rings is 2. The number of carbonyl (C=O) groups excluding carboxylic acids is 1. The summed E-state index contributed by atoms with van der Waals surface area (Å²) in [5.41, 5.74) is 1.78. The number of ether oxygens (including phenoxy) is 2. The highest BCUT2D eigenvalue weighted by atomic mass is 79.9. The van der Waals surface area contributed by atoms with Gasteiger partial charge in [0.05, 0.1) is 20.8 Å². The van der Waals surface area contributed by atoms with Gasteiger partial charge in [0.1, 0.15) is 11.5 Å². The van der Waals surface area contributed by atoms with Crippen LogP contribution in [0.25, 0.3) is 0 Å². The molecule has 0 aliphatic carbocycles. The SMILES string of the molecule is COc1cc(NC(=O)CN(C)Cc2ccccc2Br)cc(OC)c1. The number of nitrogens with zero attached hydrogens (tertiary/aromatic N) is 1. The van der Waals surface area contributed by atoms with E-state index in [2.05, 4.69) is 21.2 Å². The summed E-state index contributed by atoms with van der Waals surface area (Å²) >= 11 is 3.52. The van der Waals surface area contributed by atoms with Crippen LogP contribution in [0.5, 0.6) is 11.5 Å². The van der Waals surface area contributed by atoms with Crippen LogP contribution >= 0.6 is 15.9 Å². The van der Waals surface area contributed by atoms with E-state index in [1.165, 1.54) is 0 Å². The lowest BCUT2D eigenvalue weighted by Gasteiger charge is -2.17. The van der Waals surface area contributed by atoms with Crippen LogP contribution in [0.4, 0.5) is 5.69 Å². The Morgan fingerprint density at radius 1 is 1.12 bits per heavy atom. The lowest BCUT2D eigenvalue weighted by atomic mass is 10.2. The predicted octanol–water partition coefficient (Wildman–Crippen LogP) is 3.54. The first kappa shape index (κ1) is 18.3. The van der Waals surface area contributed by atoms with Crippen molar-refractivity contribution in [3.05, 3.63) is 52.5 Å². The Morgan fingerprint density at radius 3 is 2.33 bits per heavy atom. The normalized spacial score (nSPS) is 10.5. The summed E-state index contributed by atoms with van der Waals surface area (Å²) in [7, 11) is 5.06. The first-order valence-corrected chi connectivity index (χ1v) is 8.26. The molecule has 5 nitrogen and oxygen atoms in total. The molecule has 0 saturated carbocycles. The smallest absolute Gasteiger partial charge is 0.238 e. The Balaban J connectivity index is 1.96. The third-order valence-electron chi connectivity index (χ3n) is 3.45. The average molecular weight is 393 g/mol. The number of likely N-dealkylation sites (N-methyl/N-ethyl adjacent to an activating group) is 1. The van der Waals surface area contributed by atoms with Crippen molar-refractivity contribution in [3.8, 4) is 11.5 Å². The van der Waals surface area contributed by atoms with Crippen molar-refractivity contribution in [2.75, 3.05) is 33.1 Å². The van der Waals surface area contributed by atoms with Gasteiger partial charge >= 0.3 is 0 Å². The number of methoxy groups -OCH3 is 2. The number of nitrogens with one attached hydrogen (secondary N) is 1. The van der Waals surface area contributed by atoms with Gasteiger partial charge in [0.2, 0.25) is 5.91 Å². The number of carbonyl (C=O) groups is 1. The largest absolute Gasteiger partial charge is 0.497 e. The van der Waals surface area contributed by atoms with E-state index >= 15 is 0 Å². The number of halogens is 1. The maximum Gasteiger partial charge on any atom is 0.238 e. The van der Waals surface area contributed by atoms with Crippen LogP contribution in [0.15, 0.2) is 46.9 Å². The van der Waals surface area contributed by atoms with Gasteiger partial charge in [-0.1, -0.05) is 34.1 Å². The first-order valence-electron chi connectivity index (χ1n) is 7.46. The lowest BCUT2D eigenvalue weighted by Crippen LogP contribution is -2.29. The Kier molecular flexibility index (Phi) is 6.63. The van der Waals surface area contributed by atoms with Crippen LogP contribution in [0.2, 0.25) is 0 Å². The Morgan fingerprint density at radius 2 is 1.75 bits per heavy atom. The number of hydrogen-bond acceptors (Lipinski definition) is 4.